The first-order valence-electron chi connectivity index (χ1n) is 10.3. The van der Waals surface area contributed by atoms with Crippen LogP contribution in [0.1, 0.15) is 43.2 Å². The van der Waals surface area contributed by atoms with Crippen LogP contribution in [0.25, 0.3) is 0 Å². The van der Waals surface area contributed by atoms with E-state index in [0.717, 1.165) is 35.5 Å². The zero-order chi connectivity index (χ0) is 19.3. The van der Waals surface area contributed by atoms with Gasteiger partial charge < -0.3 is 0 Å². The van der Waals surface area contributed by atoms with Gasteiger partial charge in [-0.25, -0.2) is 0 Å². The summed E-state index contributed by atoms with van der Waals surface area (Å²) >= 11 is 4.07. The molecular weight excluding hydrogens is 408 g/mol. The highest BCUT2D eigenvalue weighted by Crippen LogP contribution is 2.62. The number of halogens is 1. The first-order chi connectivity index (χ1) is 13.5. The van der Waals surface area contributed by atoms with E-state index in [4.69, 9.17) is 10.8 Å². The highest BCUT2D eigenvalue weighted by Gasteiger charge is 2.53. The summed E-state index contributed by atoms with van der Waals surface area (Å²) in [5, 5.41) is 18.2. The van der Waals surface area contributed by atoms with Crippen LogP contribution >= 0.6 is 15.9 Å². The molecule has 4 bridgehead atoms. The third-order valence-corrected chi connectivity index (χ3v) is 7.88. The van der Waals surface area contributed by atoms with E-state index < -0.39 is 0 Å². The van der Waals surface area contributed by atoms with Crippen molar-refractivity contribution in [3.63, 3.8) is 0 Å². The van der Waals surface area contributed by atoms with Gasteiger partial charge in [-0.05, 0) is 49.9 Å². The van der Waals surface area contributed by atoms with E-state index in [9.17, 15) is 0 Å². The number of allylic oxidation sites excluding steroid dienone is 2. The van der Waals surface area contributed by atoms with Crippen molar-refractivity contribution in [2.24, 2.45) is 17.8 Å². The van der Waals surface area contributed by atoms with Gasteiger partial charge in [-0.3, -0.25) is 10.8 Å². The Kier molecular flexibility index (Phi) is 4.39. The minimum atomic E-state index is 0.294. The Labute approximate surface area is 175 Å². The van der Waals surface area contributed by atoms with E-state index in [2.05, 4.69) is 15.9 Å². The number of alkyl halides is 1. The minimum absolute atomic E-state index is 0.294. The maximum atomic E-state index is 9.08. The predicted octanol–water partition coefficient (Wildman–Crippen LogP) is 6.39. The molecule has 0 heterocycles. The van der Waals surface area contributed by atoms with Crippen molar-refractivity contribution in [3.05, 3.63) is 82.9 Å². The van der Waals surface area contributed by atoms with E-state index in [-0.39, 0.29) is 0 Å². The Morgan fingerprint density at radius 2 is 1.21 bits per heavy atom. The van der Waals surface area contributed by atoms with Gasteiger partial charge in [-0.1, -0.05) is 82.2 Å². The van der Waals surface area contributed by atoms with Gasteiger partial charge in [0, 0.05) is 21.0 Å². The molecule has 4 aliphatic rings. The van der Waals surface area contributed by atoms with Crippen molar-refractivity contribution in [2.45, 2.75) is 36.4 Å². The molecule has 2 unspecified atom stereocenters. The van der Waals surface area contributed by atoms with Crippen molar-refractivity contribution in [3.8, 4) is 0 Å². The molecule has 0 aromatic heterocycles. The molecule has 0 radical (unpaired) electrons. The largest absolute Gasteiger partial charge is 0.300 e. The van der Waals surface area contributed by atoms with E-state index >= 15 is 0 Å². The maximum absolute atomic E-state index is 9.08. The first kappa shape index (κ1) is 18.1. The van der Waals surface area contributed by atoms with Crippen LogP contribution in [-0.4, -0.2) is 15.7 Å². The average molecular weight is 433 g/mol. The molecule has 6 rings (SSSR count). The molecule has 28 heavy (non-hydrogen) atoms. The van der Waals surface area contributed by atoms with Crippen LogP contribution in [0, 0.1) is 28.6 Å². The summed E-state index contributed by atoms with van der Waals surface area (Å²) in [6.07, 6.45) is 6.07. The van der Waals surface area contributed by atoms with Crippen molar-refractivity contribution in [2.75, 3.05) is 0 Å². The number of rotatable bonds is 4. The Hall–Kier alpha value is -2.00. The van der Waals surface area contributed by atoms with E-state index in [1.54, 1.807) is 0 Å². The SMILES string of the molecule is N=C(C(C(=N)c1ccccc1)=C1[C@@H]2CC3C[C@H]1CC(Br)(C3)C2)c1ccccc1. The summed E-state index contributed by atoms with van der Waals surface area (Å²) < 4.78 is 0.294. The fourth-order valence-corrected chi connectivity index (χ4v) is 7.25. The lowest BCUT2D eigenvalue weighted by molar-refractivity contribution is 0.0939. The molecule has 0 aliphatic heterocycles. The van der Waals surface area contributed by atoms with Crippen molar-refractivity contribution in [1.82, 2.24) is 0 Å². The monoisotopic (exact) mass is 432 g/mol. The molecule has 4 saturated carbocycles. The first-order valence-corrected chi connectivity index (χ1v) is 11.0. The average Bonchev–Trinajstić information content (AvgIpc) is 2.70. The van der Waals surface area contributed by atoms with Crippen molar-refractivity contribution < 1.29 is 0 Å². The second-order valence-corrected chi connectivity index (χ2v) is 10.5. The summed E-state index contributed by atoms with van der Waals surface area (Å²) in [5.74, 6) is 1.82. The summed E-state index contributed by atoms with van der Waals surface area (Å²) in [6, 6.07) is 19.9. The molecule has 2 aromatic rings. The maximum Gasteiger partial charge on any atom is 0.0705 e. The highest BCUT2D eigenvalue weighted by atomic mass is 79.9. The zero-order valence-corrected chi connectivity index (χ0v) is 17.5. The van der Waals surface area contributed by atoms with Crippen LogP contribution < -0.4 is 0 Å². The normalized spacial score (nSPS) is 30.3. The molecule has 2 nitrogen and oxygen atoms in total. The van der Waals surface area contributed by atoms with Crippen LogP contribution in [0.5, 0.6) is 0 Å². The van der Waals surface area contributed by atoms with Gasteiger partial charge in [-0.2, -0.15) is 0 Å². The predicted molar refractivity (Wildman–Crippen MR) is 119 cm³/mol. The van der Waals surface area contributed by atoms with E-state index in [1.807, 2.05) is 60.7 Å². The molecule has 4 fully saturated rings. The number of hydrogen-bond donors (Lipinski definition) is 2. The summed E-state index contributed by atoms with van der Waals surface area (Å²) in [5.41, 5.74) is 5.14. The third-order valence-electron chi connectivity index (χ3n) is 6.91. The van der Waals surface area contributed by atoms with Gasteiger partial charge in [0.25, 0.3) is 0 Å². The van der Waals surface area contributed by atoms with Crippen LogP contribution in [-0.2, 0) is 0 Å². The lowest BCUT2D eigenvalue weighted by atomic mass is 9.53. The Morgan fingerprint density at radius 1 is 0.750 bits per heavy atom. The molecule has 0 spiro atoms. The second-order valence-electron chi connectivity index (χ2n) is 8.81. The molecule has 4 aliphatic carbocycles. The zero-order valence-electron chi connectivity index (χ0n) is 15.9. The van der Waals surface area contributed by atoms with Crippen LogP contribution in [0.15, 0.2) is 71.8 Å². The molecule has 4 atom stereocenters. The van der Waals surface area contributed by atoms with Gasteiger partial charge in [-0.15, -0.1) is 0 Å². The quantitative estimate of drug-likeness (QED) is 0.415. The highest BCUT2D eigenvalue weighted by molar-refractivity contribution is 9.10. The smallest absolute Gasteiger partial charge is 0.0705 e. The fourth-order valence-electron chi connectivity index (χ4n) is 6.01. The third kappa shape index (κ3) is 3.00. The molecule has 3 heteroatoms. The van der Waals surface area contributed by atoms with Gasteiger partial charge in [0.2, 0.25) is 0 Å². The van der Waals surface area contributed by atoms with Crippen LogP contribution in [0.3, 0.4) is 0 Å². The van der Waals surface area contributed by atoms with Gasteiger partial charge in [0.1, 0.15) is 0 Å². The standard InChI is InChI=1S/C25H25BrN2/c26-25-13-16-11-19(14-25)21(20(12-16)15-25)22(23(27)17-7-3-1-4-8-17)24(28)18-9-5-2-6-10-18/h1-10,16,19-20,27-28H,11-15H2/t16?,19-,20+,25?. The van der Waals surface area contributed by atoms with E-state index in [0.29, 0.717) is 27.6 Å². The molecule has 2 N–H and O–H groups in total. The molecule has 0 saturated heterocycles. The van der Waals surface area contributed by atoms with Gasteiger partial charge >= 0.3 is 0 Å². The summed E-state index contributed by atoms with van der Waals surface area (Å²) in [4.78, 5) is 0. The number of nitrogens with one attached hydrogen (secondary N) is 2. The number of benzene rings is 2. The summed E-state index contributed by atoms with van der Waals surface area (Å²) in [7, 11) is 0. The Bertz CT molecular complexity index is 889. The minimum Gasteiger partial charge on any atom is -0.300 e. The summed E-state index contributed by atoms with van der Waals surface area (Å²) in [6.45, 7) is 0. The molecule has 0 amide bonds. The Morgan fingerprint density at radius 3 is 1.64 bits per heavy atom. The van der Waals surface area contributed by atoms with Crippen LogP contribution in [0.4, 0.5) is 0 Å². The van der Waals surface area contributed by atoms with Crippen molar-refractivity contribution in [1.29, 1.82) is 10.8 Å². The molecule has 2 aromatic carbocycles. The Balaban J connectivity index is 1.66. The second kappa shape index (κ2) is 6.81. The van der Waals surface area contributed by atoms with Gasteiger partial charge in [0.15, 0.2) is 0 Å². The molecule has 142 valence electrons. The topological polar surface area (TPSA) is 47.7 Å². The van der Waals surface area contributed by atoms with Crippen LogP contribution in [0.2, 0.25) is 0 Å². The molecular formula is C25H25BrN2. The fraction of sp³-hybridized carbons (Fsp3) is 0.360. The van der Waals surface area contributed by atoms with Crippen molar-refractivity contribution >= 4 is 27.4 Å². The van der Waals surface area contributed by atoms with E-state index in [1.165, 1.54) is 24.8 Å². The number of hydrogen-bond acceptors (Lipinski definition) is 2. The lowest BCUT2D eigenvalue weighted by Gasteiger charge is -2.56. The van der Waals surface area contributed by atoms with Gasteiger partial charge in [0.05, 0.1) is 11.4 Å². The lowest BCUT2D eigenvalue weighted by Crippen LogP contribution is -2.49.